The molecule has 1 aliphatic rings. The Bertz CT molecular complexity index is 792. The van der Waals surface area contributed by atoms with Gasteiger partial charge in [-0.3, -0.25) is 0 Å². The van der Waals surface area contributed by atoms with Gasteiger partial charge >= 0.3 is 0 Å². The third-order valence-corrected chi connectivity index (χ3v) is 12.1. The van der Waals surface area contributed by atoms with Crippen LogP contribution in [0.3, 0.4) is 0 Å². The van der Waals surface area contributed by atoms with Crippen LogP contribution in [0.15, 0.2) is 84.1 Å². The molecule has 0 aromatic heterocycles. The highest BCUT2D eigenvalue weighted by atomic mass is 28.3. The summed E-state index contributed by atoms with van der Waals surface area (Å²) >= 11 is 0. The quantitative estimate of drug-likeness (QED) is 0.575. The molecule has 3 heteroatoms. The van der Waals surface area contributed by atoms with Crippen molar-refractivity contribution in [3.63, 3.8) is 0 Å². The molecule has 2 nitrogen and oxygen atoms in total. The minimum absolute atomic E-state index is 0.0438. The van der Waals surface area contributed by atoms with Crippen LogP contribution in [0.5, 0.6) is 0 Å². The highest BCUT2D eigenvalue weighted by molar-refractivity contribution is 7.05. The van der Waals surface area contributed by atoms with Gasteiger partial charge in [0.1, 0.15) is 0 Å². The fraction of sp³-hybridized carbons (Fsp3) is 0.360. The SMILES string of the molecule is COC1=CCC(CC(O)[Si](c2ccccc2)(c2ccccc2)C(C)(C)C)=CC1. The molecule has 0 spiro atoms. The number of aliphatic hydroxyl groups is 1. The number of benzene rings is 2. The molecule has 1 unspecified atom stereocenters. The molecule has 0 saturated heterocycles. The Balaban J connectivity index is 2.07. The third-order valence-electron chi connectivity index (χ3n) is 6.04. The van der Waals surface area contributed by atoms with Gasteiger partial charge < -0.3 is 9.84 Å². The number of allylic oxidation sites excluding steroid dienone is 2. The maximum absolute atomic E-state index is 11.8. The van der Waals surface area contributed by atoms with Gasteiger partial charge in [0.2, 0.25) is 0 Å². The van der Waals surface area contributed by atoms with E-state index in [-0.39, 0.29) is 5.04 Å². The first-order chi connectivity index (χ1) is 13.4. The molecular weight excluding hydrogens is 360 g/mol. The van der Waals surface area contributed by atoms with Crippen LogP contribution in [-0.2, 0) is 4.74 Å². The van der Waals surface area contributed by atoms with E-state index in [2.05, 4.69) is 93.6 Å². The first-order valence-electron chi connectivity index (χ1n) is 10.1. The highest BCUT2D eigenvalue weighted by Gasteiger charge is 2.52. The number of aliphatic hydroxyl groups excluding tert-OH is 1. The molecule has 0 heterocycles. The van der Waals surface area contributed by atoms with Crippen molar-refractivity contribution in [3.8, 4) is 0 Å². The molecule has 1 N–H and O–H groups in total. The van der Waals surface area contributed by atoms with Crippen LogP contribution >= 0.6 is 0 Å². The van der Waals surface area contributed by atoms with Crippen molar-refractivity contribution in [1.82, 2.24) is 0 Å². The Labute approximate surface area is 170 Å². The lowest BCUT2D eigenvalue weighted by Crippen LogP contribution is -2.71. The van der Waals surface area contributed by atoms with E-state index in [4.69, 9.17) is 4.74 Å². The fourth-order valence-corrected chi connectivity index (χ4v) is 10.6. The zero-order valence-electron chi connectivity index (χ0n) is 17.5. The van der Waals surface area contributed by atoms with Gasteiger partial charge in [-0.2, -0.15) is 0 Å². The topological polar surface area (TPSA) is 29.5 Å². The van der Waals surface area contributed by atoms with Crippen molar-refractivity contribution in [2.45, 2.75) is 50.8 Å². The van der Waals surface area contributed by atoms with Gasteiger partial charge in [-0.25, -0.2) is 0 Å². The second kappa shape index (κ2) is 8.50. The summed E-state index contributed by atoms with van der Waals surface area (Å²) < 4.78 is 5.37. The molecule has 28 heavy (non-hydrogen) atoms. The average molecular weight is 393 g/mol. The molecule has 0 radical (unpaired) electrons. The molecule has 1 aliphatic carbocycles. The molecule has 0 saturated carbocycles. The smallest absolute Gasteiger partial charge is 0.154 e. The Morgan fingerprint density at radius 1 is 0.893 bits per heavy atom. The van der Waals surface area contributed by atoms with Gasteiger partial charge in [-0.15, -0.1) is 0 Å². The maximum Gasteiger partial charge on any atom is 0.154 e. The highest BCUT2D eigenvalue weighted by Crippen LogP contribution is 2.40. The Morgan fingerprint density at radius 2 is 1.43 bits per heavy atom. The lowest BCUT2D eigenvalue weighted by molar-refractivity contribution is 0.239. The largest absolute Gasteiger partial charge is 0.501 e. The van der Waals surface area contributed by atoms with Crippen molar-refractivity contribution in [2.24, 2.45) is 0 Å². The van der Waals surface area contributed by atoms with Crippen LogP contribution in [0.1, 0.15) is 40.0 Å². The van der Waals surface area contributed by atoms with Crippen molar-refractivity contribution >= 4 is 18.4 Å². The number of hydrogen-bond donors (Lipinski definition) is 1. The third kappa shape index (κ3) is 3.87. The van der Waals surface area contributed by atoms with Crippen LogP contribution < -0.4 is 10.4 Å². The zero-order chi connectivity index (χ0) is 20.2. The minimum Gasteiger partial charge on any atom is -0.501 e. The van der Waals surface area contributed by atoms with E-state index in [0.29, 0.717) is 6.42 Å². The van der Waals surface area contributed by atoms with Gasteiger partial charge in [-0.1, -0.05) is 103 Å². The van der Waals surface area contributed by atoms with Gasteiger partial charge in [-0.05, 0) is 24.0 Å². The summed E-state index contributed by atoms with van der Waals surface area (Å²) in [5, 5.41) is 14.4. The lowest BCUT2D eigenvalue weighted by atomic mass is 10.0. The summed E-state index contributed by atoms with van der Waals surface area (Å²) in [6.45, 7) is 6.88. The standard InChI is InChI=1S/C25H32O2Si/c1-25(2,3)28(22-11-7-5-8-12-22,23-13-9-6-10-14-23)24(26)19-20-15-17-21(27-4)18-16-20/h5-15,18,24,26H,16-17,19H2,1-4H3. The predicted octanol–water partition coefficient (Wildman–Crippen LogP) is 4.59. The van der Waals surface area contributed by atoms with Crippen LogP contribution in [-0.4, -0.2) is 26.0 Å². The minimum atomic E-state index is -2.50. The number of methoxy groups -OCH3 is 1. The van der Waals surface area contributed by atoms with Crippen LogP contribution in [0.2, 0.25) is 5.04 Å². The molecule has 1 atom stereocenters. The van der Waals surface area contributed by atoms with Crippen LogP contribution in [0, 0.1) is 0 Å². The Kier molecular flexibility index (Phi) is 6.26. The molecule has 0 aliphatic heterocycles. The Morgan fingerprint density at radius 3 is 1.82 bits per heavy atom. The van der Waals surface area contributed by atoms with E-state index >= 15 is 0 Å². The fourth-order valence-electron chi connectivity index (χ4n) is 4.71. The van der Waals surface area contributed by atoms with E-state index < -0.39 is 13.8 Å². The van der Waals surface area contributed by atoms with Gasteiger partial charge in [0.25, 0.3) is 0 Å². The molecule has 0 fully saturated rings. The summed E-state index contributed by atoms with van der Waals surface area (Å²) in [5.74, 6) is 1.02. The molecular formula is C25H32O2Si. The normalized spacial score (nSPS) is 16.2. The first kappa shape index (κ1) is 20.6. The van der Waals surface area contributed by atoms with E-state index in [1.54, 1.807) is 7.11 Å². The summed E-state index contributed by atoms with van der Waals surface area (Å²) in [7, 11) is -0.775. The Hall–Kier alpha value is -2.10. The lowest BCUT2D eigenvalue weighted by Gasteiger charge is -2.47. The molecule has 148 valence electrons. The van der Waals surface area contributed by atoms with Crippen LogP contribution in [0.25, 0.3) is 0 Å². The monoisotopic (exact) mass is 392 g/mol. The first-order valence-corrected chi connectivity index (χ1v) is 12.2. The van der Waals surface area contributed by atoms with Crippen molar-refractivity contribution in [2.75, 3.05) is 7.11 Å². The molecule has 2 aromatic carbocycles. The van der Waals surface area contributed by atoms with E-state index in [0.717, 1.165) is 18.6 Å². The van der Waals surface area contributed by atoms with Crippen molar-refractivity contribution < 1.29 is 9.84 Å². The van der Waals surface area contributed by atoms with Crippen LogP contribution in [0.4, 0.5) is 0 Å². The molecule has 2 aromatic rings. The van der Waals surface area contributed by atoms with Gasteiger partial charge in [0, 0.05) is 6.42 Å². The summed E-state index contributed by atoms with van der Waals surface area (Å²) in [5.41, 5.74) is 0.905. The second-order valence-corrected chi connectivity index (χ2v) is 13.6. The molecule has 3 rings (SSSR count). The van der Waals surface area contributed by atoms with Gasteiger partial charge in [0.15, 0.2) is 8.07 Å². The zero-order valence-corrected chi connectivity index (χ0v) is 18.5. The second-order valence-electron chi connectivity index (χ2n) is 8.66. The maximum atomic E-state index is 11.8. The summed E-state index contributed by atoms with van der Waals surface area (Å²) in [6, 6.07) is 21.4. The van der Waals surface area contributed by atoms with E-state index in [1.165, 1.54) is 15.9 Å². The van der Waals surface area contributed by atoms with Gasteiger partial charge in [0.05, 0.1) is 18.6 Å². The summed E-state index contributed by atoms with van der Waals surface area (Å²) in [6.07, 6.45) is 6.77. The molecule has 0 amide bonds. The summed E-state index contributed by atoms with van der Waals surface area (Å²) in [4.78, 5) is 0. The van der Waals surface area contributed by atoms with E-state index in [1.807, 2.05) is 0 Å². The number of ether oxygens (including phenoxy) is 1. The van der Waals surface area contributed by atoms with E-state index in [9.17, 15) is 5.11 Å². The molecule has 0 bridgehead atoms. The van der Waals surface area contributed by atoms with Crippen molar-refractivity contribution in [3.05, 3.63) is 84.1 Å². The predicted molar refractivity (Wildman–Crippen MR) is 121 cm³/mol. The average Bonchev–Trinajstić information content (AvgIpc) is 2.70. The number of rotatable bonds is 6. The number of hydrogen-bond acceptors (Lipinski definition) is 2. The van der Waals surface area contributed by atoms with Crippen molar-refractivity contribution in [1.29, 1.82) is 0 Å².